The molecule has 0 radical (unpaired) electrons. The van der Waals surface area contributed by atoms with Crippen molar-refractivity contribution in [3.63, 3.8) is 0 Å². The Hall–Kier alpha value is -3.61. The van der Waals surface area contributed by atoms with Gasteiger partial charge < -0.3 is 9.47 Å². The van der Waals surface area contributed by atoms with Crippen molar-refractivity contribution in [1.82, 2.24) is 5.43 Å². The molecule has 138 valence electrons. The summed E-state index contributed by atoms with van der Waals surface area (Å²) in [7, 11) is 1.44. The van der Waals surface area contributed by atoms with E-state index in [1.165, 1.54) is 25.1 Å². The fourth-order valence-corrected chi connectivity index (χ4v) is 2.61. The van der Waals surface area contributed by atoms with Gasteiger partial charge in [0, 0.05) is 6.92 Å². The Morgan fingerprint density at radius 3 is 2.41 bits per heavy atom. The zero-order valence-corrected chi connectivity index (χ0v) is 15.1. The average molecular weight is 366 g/mol. The molecule has 27 heavy (non-hydrogen) atoms. The molecular weight excluding hydrogens is 348 g/mol. The maximum absolute atomic E-state index is 12.6. The molecule has 7 nitrogen and oxygen atoms in total. The quantitative estimate of drug-likeness (QED) is 0.389. The molecule has 0 bridgehead atoms. The highest BCUT2D eigenvalue weighted by Gasteiger charge is 2.34. The Morgan fingerprint density at radius 2 is 1.78 bits per heavy atom. The molecule has 2 aromatic rings. The lowest BCUT2D eigenvalue weighted by molar-refractivity contribution is -0.132. The first-order valence-corrected chi connectivity index (χ1v) is 8.19. The largest absolute Gasteiger partial charge is 0.493 e. The first kappa shape index (κ1) is 18.2. The molecule has 1 fully saturated rings. The summed E-state index contributed by atoms with van der Waals surface area (Å²) in [4.78, 5) is 36.0. The number of aryl methyl sites for hydroxylation is 1. The summed E-state index contributed by atoms with van der Waals surface area (Å²) in [5.41, 5.74) is 4.73. The van der Waals surface area contributed by atoms with Crippen LogP contribution in [0.3, 0.4) is 0 Å². The highest BCUT2D eigenvalue weighted by molar-refractivity contribution is 6.31. The molecule has 1 heterocycles. The standard InChI is InChI=1S/C20H18N2O5/c1-12-4-7-15(8-5-12)22-20(25)16(19(24)21-22)10-14-6-9-17(27-13(2)23)18(11-14)26-3/h4-11H,1-3H3,(H,21,24)/b16-10-. The lowest BCUT2D eigenvalue weighted by atomic mass is 10.1. The molecule has 0 unspecified atom stereocenters. The van der Waals surface area contributed by atoms with E-state index in [0.717, 1.165) is 5.56 Å². The molecule has 7 heteroatoms. The first-order chi connectivity index (χ1) is 12.9. The second kappa shape index (κ2) is 7.33. The normalized spacial score (nSPS) is 15.1. The summed E-state index contributed by atoms with van der Waals surface area (Å²) in [5.74, 6) is -0.842. The summed E-state index contributed by atoms with van der Waals surface area (Å²) in [6, 6.07) is 12.0. The van der Waals surface area contributed by atoms with Gasteiger partial charge in [0.1, 0.15) is 5.57 Å². The molecule has 0 aromatic heterocycles. The summed E-state index contributed by atoms with van der Waals surface area (Å²) in [5, 5.41) is 1.21. The van der Waals surface area contributed by atoms with Crippen LogP contribution >= 0.6 is 0 Å². The van der Waals surface area contributed by atoms with Gasteiger partial charge in [-0.05, 0) is 42.8 Å². The van der Waals surface area contributed by atoms with Crippen molar-refractivity contribution in [2.45, 2.75) is 13.8 Å². The minimum absolute atomic E-state index is 0.00198. The number of esters is 1. The van der Waals surface area contributed by atoms with Gasteiger partial charge >= 0.3 is 5.97 Å². The Bertz CT molecular complexity index is 947. The van der Waals surface area contributed by atoms with Gasteiger partial charge in [-0.2, -0.15) is 0 Å². The number of hydrogen-bond acceptors (Lipinski definition) is 5. The molecule has 1 N–H and O–H groups in total. The number of rotatable bonds is 4. The monoisotopic (exact) mass is 366 g/mol. The van der Waals surface area contributed by atoms with E-state index in [9.17, 15) is 14.4 Å². The van der Waals surface area contributed by atoms with Crippen molar-refractivity contribution in [1.29, 1.82) is 0 Å². The number of ether oxygens (including phenoxy) is 2. The van der Waals surface area contributed by atoms with Crippen LogP contribution in [0.1, 0.15) is 18.1 Å². The van der Waals surface area contributed by atoms with Crippen LogP contribution in [0.2, 0.25) is 0 Å². The fourth-order valence-electron chi connectivity index (χ4n) is 2.61. The highest BCUT2D eigenvalue weighted by atomic mass is 16.6. The maximum Gasteiger partial charge on any atom is 0.308 e. The number of nitrogens with one attached hydrogen (secondary N) is 1. The lowest BCUT2D eigenvalue weighted by Crippen LogP contribution is -2.35. The van der Waals surface area contributed by atoms with Crippen LogP contribution in [0.25, 0.3) is 6.08 Å². The minimum atomic E-state index is -0.497. The van der Waals surface area contributed by atoms with E-state index in [-0.39, 0.29) is 11.3 Å². The summed E-state index contributed by atoms with van der Waals surface area (Å²) >= 11 is 0. The van der Waals surface area contributed by atoms with E-state index < -0.39 is 17.8 Å². The first-order valence-electron chi connectivity index (χ1n) is 8.19. The highest BCUT2D eigenvalue weighted by Crippen LogP contribution is 2.30. The van der Waals surface area contributed by atoms with Crippen molar-refractivity contribution in [2.24, 2.45) is 0 Å². The van der Waals surface area contributed by atoms with Gasteiger partial charge in [0.05, 0.1) is 12.8 Å². The van der Waals surface area contributed by atoms with Crippen LogP contribution in [0.15, 0.2) is 48.0 Å². The van der Waals surface area contributed by atoms with Crippen molar-refractivity contribution in [2.75, 3.05) is 12.1 Å². The number of nitrogens with zero attached hydrogens (tertiary/aromatic N) is 1. The number of anilines is 1. The zero-order valence-electron chi connectivity index (χ0n) is 15.1. The van der Waals surface area contributed by atoms with Crippen LogP contribution in [-0.4, -0.2) is 24.9 Å². The summed E-state index contributed by atoms with van der Waals surface area (Å²) in [6.07, 6.45) is 1.46. The van der Waals surface area contributed by atoms with Crippen molar-refractivity contribution in [3.05, 3.63) is 59.2 Å². The van der Waals surface area contributed by atoms with Crippen LogP contribution in [-0.2, 0) is 14.4 Å². The molecule has 0 atom stereocenters. The molecule has 0 spiro atoms. The van der Waals surface area contributed by atoms with Crippen molar-refractivity contribution < 1.29 is 23.9 Å². The van der Waals surface area contributed by atoms with Gasteiger partial charge in [-0.3, -0.25) is 19.8 Å². The summed E-state index contributed by atoms with van der Waals surface area (Å²) < 4.78 is 10.3. The Morgan fingerprint density at radius 1 is 1.07 bits per heavy atom. The topological polar surface area (TPSA) is 84.9 Å². The van der Waals surface area contributed by atoms with Crippen LogP contribution < -0.4 is 19.9 Å². The Kier molecular flexibility index (Phi) is 4.94. The molecule has 0 aliphatic carbocycles. The molecule has 1 aliphatic rings. The van der Waals surface area contributed by atoms with Gasteiger partial charge in [0.2, 0.25) is 0 Å². The SMILES string of the molecule is COc1cc(/C=C2/C(=O)NN(c3ccc(C)cc3)C2=O)ccc1OC(C)=O. The number of carbonyl (C=O) groups excluding carboxylic acids is 3. The second-order valence-corrected chi connectivity index (χ2v) is 5.98. The minimum Gasteiger partial charge on any atom is -0.493 e. The van der Waals surface area contributed by atoms with Gasteiger partial charge in [0.15, 0.2) is 11.5 Å². The van der Waals surface area contributed by atoms with Crippen LogP contribution in [0, 0.1) is 6.92 Å². The lowest BCUT2D eigenvalue weighted by Gasteiger charge is -2.14. The van der Waals surface area contributed by atoms with E-state index in [4.69, 9.17) is 9.47 Å². The van der Waals surface area contributed by atoms with E-state index in [1.54, 1.807) is 30.3 Å². The number of hydrazine groups is 1. The number of benzene rings is 2. The molecule has 2 amide bonds. The molecule has 2 aromatic carbocycles. The molecular formula is C20H18N2O5. The third-order valence-corrected chi connectivity index (χ3v) is 3.94. The van der Waals surface area contributed by atoms with E-state index in [2.05, 4.69) is 5.43 Å². The predicted octanol–water partition coefficient (Wildman–Crippen LogP) is 2.39. The van der Waals surface area contributed by atoms with Crippen molar-refractivity contribution in [3.8, 4) is 11.5 Å². The molecule has 1 aliphatic heterocycles. The molecule has 1 saturated heterocycles. The van der Waals surface area contributed by atoms with Gasteiger partial charge in [-0.15, -0.1) is 0 Å². The van der Waals surface area contributed by atoms with Gasteiger partial charge in [-0.1, -0.05) is 23.8 Å². The third-order valence-electron chi connectivity index (χ3n) is 3.94. The summed E-state index contributed by atoms with van der Waals surface area (Å²) in [6.45, 7) is 3.23. The number of methoxy groups -OCH3 is 1. The average Bonchev–Trinajstić information content (AvgIpc) is 2.91. The van der Waals surface area contributed by atoms with Gasteiger partial charge in [0.25, 0.3) is 11.8 Å². The van der Waals surface area contributed by atoms with E-state index in [0.29, 0.717) is 17.0 Å². The van der Waals surface area contributed by atoms with Gasteiger partial charge in [-0.25, -0.2) is 5.01 Å². The zero-order chi connectivity index (χ0) is 19.6. The maximum atomic E-state index is 12.6. The fraction of sp³-hybridized carbons (Fsp3) is 0.150. The third kappa shape index (κ3) is 3.82. The smallest absolute Gasteiger partial charge is 0.308 e. The second-order valence-electron chi connectivity index (χ2n) is 5.98. The molecule has 3 rings (SSSR count). The van der Waals surface area contributed by atoms with Crippen LogP contribution in [0.4, 0.5) is 5.69 Å². The number of carbonyl (C=O) groups is 3. The van der Waals surface area contributed by atoms with Crippen molar-refractivity contribution >= 4 is 29.5 Å². The molecule has 0 saturated carbocycles. The van der Waals surface area contributed by atoms with Crippen LogP contribution in [0.5, 0.6) is 11.5 Å². The van der Waals surface area contributed by atoms with E-state index >= 15 is 0 Å². The predicted molar refractivity (Wildman–Crippen MR) is 99.1 cm³/mol. The number of hydrogen-bond donors (Lipinski definition) is 1. The Labute approximate surface area is 156 Å². The van der Waals surface area contributed by atoms with E-state index in [1.807, 2.05) is 19.1 Å². The number of amides is 2. The Balaban J connectivity index is 1.90.